The highest BCUT2D eigenvalue weighted by Crippen LogP contribution is 2.37. The zero-order valence-electron chi connectivity index (χ0n) is 17.3. The molecule has 2 unspecified atom stereocenters. The summed E-state index contributed by atoms with van der Waals surface area (Å²) in [5.41, 5.74) is 0.440. The van der Waals surface area contributed by atoms with Gasteiger partial charge in [0.1, 0.15) is 11.5 Å². The summed E-state index contributed by atoms with van der Waals surface area (Å²) in [6.07, 6.45) is -0.184. The summed E-state index contributed by atoms with van der Waals surface area (Å²) in [5.74, 6) is -2.86. The molecule has 1 heterocycles. The van der Waals surface area contributed by atoms with Crippen molar-refractivity contribution in [2.75, 3.05) is 5.75 Å². The van der Waals surface area contributed by atoms with E-state index in [2.05, 4.69) is 0 Å². The smallest absolute Gasteiger partial charge is 0.314 e. The monoisotopic (exact) mass is 412 g/mol. The van der Waals surface area contributed by atoms with Crippen LogP contribution in [-0.2, 0) is 25.1 Å². The molecule has 1 saturated heterocycles. The highest BCUT2D eigenvalue weighted by atomic mass is 32.2. The Bertz CT molecular complexity index is 696. The highest BCUT2D eigenvalue weighted by Gasteiger charge is 2.47. The standard InChI is InChI=1S/C21H32O6S/c1-14-6-8-18(9-7-14)28(25)13-16(22)12-17-10-11-21(24,26-17)15(2)19(23)27-20(3,4)5/h6-9,15-17,22,24H,10-13H2,1-5H3/t15?,16-,17-,21?,28+/m0/s1. The van der Waals surface area contributed by atoms with Crippen LogP contribution in [-0.4, -0.2) is 49.7 Å². The molecule has 0 amide bonds. The van der Waals surface area contributed by atoms with Crippen LogP contribution in [0.3, 0.4) is 0 Å². The van der Waals surface area contributed by atoms with Crippen LogP contribution in [0.4, 0.5) is 0 Å². The van der Waals surface area contributed by atoms with E-state index in [9.17, 15) is 19.2 Å². The van der Waals surface area contributed by atoms with E-state index in [-0.39, 0.29) is 18.6 Å². The minimum atomic E-state index is -1.61. The minimum Gasteiger partial charge on any atom is -0.460 e. The molecule has 1 aromatic carbocycles. The first-order valence-electron chi connectivity index (χ1n) is 9.66. The summed E-state index contributed by atoms with van der Waals surface area (Å²) < 4.78 is 23.4. The summed E-state index contributed by atoms with van der Waals surface area (Å²) >= 11 is 0. The number of aliphatic hydroxyl groups excluding tert-OH is 1. The van der Waals surface area contributed by atoms with Crippen molar-refractivity contribution in [2.45, 2.75) is 82.4 Å². The number of aliphatic hydroxyl groups is 2. The lowest BCUT2D eigenvalue weighted by molar-refractivity contribution is -0.233. The molecule has 0 saturated carbocycles. The Morgan fingerprint density at radius 3 is 2.54 bits per heavy atom. The van der Waals surface area contributed by atoms with Gasteiger partial charge in [-0.1, -0.05) is 17.7 Å². The van der Waals surface area contributed by atoms with Gasteiger partial charge in [-0.25, -0.2) is 0 Å². The lowest BCUT2D eigenvalue weighted by atomic mass is 9.97. The number of benzene rings is 1. The van der Waals surface area contributed by atoms with Crippen molar-refractivity contribution in [1.82, 2.24) is 0 Å². The molecule has 0 bridgehead atoms. The Hall–Kier alpha value is -1.28. The van der Waals surface area contributed by atoms with Crippen molar-refractivity contribution in [1.29, 1.82) is 0 Å². The summed E-state index contributed by atoms with van der Waals surface area (Å²) in [7, 11) is -1.31. The molecule has 1 aromatic rings. The fourth-order valence-electron chi connectivity index (χ4n) is 3.17. The number of aryl methyl sites for hydroxylation is 1. The third-order valence-corrected chi connectivity index (χ3v) is 6.28. The van der Waals surface area contributed by atoms with E-state index in [0.717, 1.165) is 5.56 Å². The molecule has 0 aromatic heterocycles. The molecular formula is C21H32O6S. The zero-order valence-corrected chi connectivity index (χ0v) is 18.1. The Balaban J connectivity index is 1.88. The second-order valence-corrected chi connectivity index (χ2v) is 10.1. The highest BCUT2D eigenvalue weighted by molar-refractivity contribution is 7.85. The van der Waals surface area contributed by atoms with Crippen LogP contribution in [0.5, 0.6) is 0 Å². The van der Waals surface area contributed by atoms with Crippen LogP contribution < -0.4 is 0 Å². The van der Waals surface area contributed by atoms with Crippen LogP contribution in [0.2, 0.25) is 0 Å². The fourth-order valence-corrected chi connectivity index (χ4v) is 4.28. The zero-order chi connectivity index (χ0) is 21.1. The van der Waals surface area contributed by atoms with Crippen molar-refractivity contribution >= 4 is 16.8 Å². The molecule has 28 heavy (non-hydrogen) atoms. The van der Waals surface area contributed by atoms with Gasteiger partial charge in [-0.15, -0.1) is 0 Å². The topological polar surface area (TPSA) is 93.1 Å². The molecule has 0 aliphatic carbocycles. The largest absolute Gasteiger partial charge is 0.460 e. The van der Waals surface area contributed by atoms with Gasteiger partial charge in [-0.05, 0) is 53.2 Å². The molecule has 1 aliphatic rings. The van der Waals surface area contributed by atoms with E-state index >= 15 is 0 Å². The number of carbonyl (C=O) groups is 1. The van der Waals surface area contributed by atoms with Gasteiger partial charge in [0.15, 0.2) is 5.79 Å². The number of hydrogen-bond donors (Lipinski definition) is 2. The predicted molar refractivity (Wildman–Crippen MR) is 107 cm³/mol. The minimum absolute atomic E-state index is 0.100. The Morgan fingerprint density at radius 1 is 1.36 bits per heavy atom. The van der Waals surface area contributed by atoms with Crippen LogP contribution in [0, 0.1) is 12.8 Å². The average Bonchev–Trinajstić information content (AvgIpc) is 2.95. The lowest BCUT2D eigenvalue weighted by Crippen LogP contribution is -2.43. The van der Waals surface area contributed by atoms with Crippen molar-refractivity contribution in [3.63, 3.8) is 0 Å². The van der Waals surface area contributed by atoms with Crippen molar-refractivity contribution in [3.05, 3.63) is 29.8 Å². The molecule has 1 fully saturated rings. The maximum Gasteiger partial charge on any atom is 0.314 e. The van der Waals surface area contributed by atoms with Gasteiger partial charge in [0.2, 0.25) is 0 Å². The van der Waals surface area contributed by atoms with Gasteiger partial charge < -0.3 is 19.7 Å². The van der Waals surface area contributed by atoms with E-state index < -0.39 is 46.3 Å². The molecule has 0 radical (unpaired) electrons. The van der Waals surface area contributed by atoms with Crippen molar-refractivity contribution in [2.24, 2.45) is 5.92 Å². The fraction of sp³-hybridized carbons (Fsp3) is 0.667. The summed E-state index contributed by atoms with van der Waals surface area (Å²) in [4.78, 5) is 12.9. The van der Waals surface area contributed by atoms with Crippen LogP contribution in [0.1, 0.15) is 52.5 Å². The van der Waals surface area contributed by atoms with E-state index in [1.54, 1.807) is 39.8 Å². The Kier molecular flexibility index (Phi) is 7.42. The van der Waals surface area contributed by atoms with E-state index in [4.69, 9.17) is 9.47 Å². The Labute approximate surface area is 169 Å². The number of esters is 1. The number of ether oxygens (including phenoxy) is 2. The van der Waals surface area contributed by atoms with Crippen molar-refractivity contribution in [3.8, 4) is 0 Å². The van der Waals surface area contributed by atoms with Gasteiger partial charge in [-0.3, -0.25) is 9.00 Å². The average molecular weight is 413 g/mol. The van der Waals surface area contributed by atoms with Gasteiger partial charge in [-0.2, -0.15) is 0 Å². The SMILES string of the molecule is Cc1ccc([S@](=O)C[C@@H](O)C[C@@H]2CCC(O)(C(C)C(=O)OC(C)(C)C)O2)cc1. The maximum atomic E-state index is 12.4. The first kappa shape index (κ1) is 23.0. The van der Waals surface area contributed by atoms with Crippen molar-refractivity contribution < 1.29 is 28.7 Å². The molecule has 0 spiro atoms. The van der Waals surface area contributed by atoms with Gasteiger partial charge in [0.25, 0.3) is 0 Å². The molecular weight excluding hydrogens is 380 g/mol. The van der Waals surface area contributed by atoms with Crippen LogP contribution in [0.15, 0.2) is 29.2 Å². The van der Waals surface area contributed by atoms with Crippen LogP contribution >= 0.6 is 0 Å². The number of hydrogen-bond acceptors (Lipinski definition) is 6. The molecule has 158 valence electrons. The second-order valence-electron chi connectivity index (χ2n) is 8.59. The third kappa shape index (κ3) is 6.37. The summed E-state index contributed by atoms with van der Waals surface area (Å²) in [6, 6.07) is 7.37. The van der Waals surface area contributed by atoms with Gasteiger partial charge in [0, 0.05) is 17.7 Å². The summed E-state index contributed by atoms with van der Waals surface area (Å²) in [5, 5.41) is 21.1. The quantitative estimate of drug-likeness (QED) is 0.669. The normalized spacial score (nSPS) is 25.9. The van der Waals surface area contributed by atoms with E-state index in [1.807, 2.05) is 19.1 Å². The van der Waals surface area contributed by atoms with Crippen LogP contribution in [0.25, 0.3) is 0 Å². The van der Waals surface area contributed by atoms with Gasteiger partial charge in [0.05, 0.1) is 28.8 Å². The number of rotatable bonds is 7. The molecule has 7 heteroatoms. The molecule has 5 atom stereocenters. The molecule has 1 aliphatic heterocycles. The van der Waals surface area contributed by atoms with Gasteiger partial charge >= 0.3 is 5.97 Å². The molecule has 2 rings (SSSR count). The number of carbonyl (C=O) groups excluding carboxylic acids is 1. The second kappa shape index (κ2) is 9.03. The third-order valence-electron chi connectivity index (χ3n) is 4.79. The predicted octanol–water partition coefficient (Wildman–Crippen LogP) is 2.70. The molecule has 2 N–H and O–H groups in total. The summed E-state index contributed by atoms with van der Waals surface area (Å²) in [6.45, 7) is 8.84. The van der Waals surface area contributed by atoms with E-state index in [0.29, 0.717) is 11.3 Å². The lowest BCUT2D eigenvalue weighted by Gasteiger charge is -2.31. The first-order chi connectivity index (χ1) is 12.9. The molecule has 6 nitrogen and oxygen atoms in total. The van der Waals surface area contributed by atoms with E-state index in [1.165, 1.54) is 0 Å². The Morgan fingerprint density at radius 2 is 1.96 bits per heavy atom. The first-order valence-corrected chi connectivity index (χ1v) is 11.0. The maximum absolute atomic E-state index is 12.4.